The number of hydrogen-bond acceptors (Lipinski definition) is 7. The molecule has 0 aliphatic heterocycles. The van der Waals surface area contributed by atoms with Gasteiger partial charge in [-0.1, -0.05) is 84.3 Å². The summed E-state index contributed by atoms with van der Waals surface area (Å²) >= 11 is 0. The monoisotopic (exact) mass is 629 g/mol. The molecule has 0 aromatic heterocycles. The molecule has 4 aromatic carbocycles. The van der Waals surface area contributed by atoms with E-state index in [2.05, 4.69) is 23.7 Å². The zero-order valence-electron chi connectivity index (χ0n) is 26.7. The number of carbonyl (C=O) groups excluding carboxylic acids is 1. The third-order valence-electron chi connectivity index (χ3n) is 5.98. The average Bonchev–Trinajstić information content (AvgIpc) is 3.05. The number of carboxylic acids is 1. The second-order valence-corrected chi connectivity index (χ2v) is 9.43. The maximum absolute atomic E-state index is 11.1. The van der Waals surface area contributed by atoms with Crippen molar-refractivity contribution in [3.63, 3.8) is 0 Å². The van der Waals surface area contributed by atoms with Crippen LogP contribution in [0.1, 0.15) is 40.3 Å². The van der Waals surface area contributed by atoms with E-state index in [-0.39, 0.29) is 49.0 Å². The molecule has 4 rings (SSSR count). The quantitative estimate of drug-likeness (QED) is 0.116. The molecule has 9 heteroatoms. The SMILES string of the molecule is CCOC(=O)COCCc1ccc(C#Cc2ccccc2)cc1.O=C(O)COCCc1ccc(C#Cc2ccccc2)cc1.[Li+].[OH-].[OH-]. The normalized spacial score (nSPS) is 9.13. The first-order chi connectivity index (χ1) is 21.5. The average molecular weight is 630 g/mol. The molecular formula is C38H38LiO8-. The van der Waals surface area contributed by atoms with Crippen LogP contribution in [0.4, 0.5) is 0 Å². The molecular weight excluding hydrogens is 591 g/mol. The van der Waals surface area contributed by atoms with Crippen molar-refractivity contribution in [3.05, 3.63) is 143 Å². The number of aliphatic carboxylic acids is 1. The van der Waals surface area contributed by atoms with E-state index in [1.54, 1.807) is 6.92 Å². The molecule has 47 heavy (non-hydrogen) atoms. The topological polar surface area (TPSA) is 142 Å². The number of hydrogen-bond donors (Lipinski definition) is 1. The minimum absolute atomic E-state index is 0. The first-order valence-electron chi connectivity index (χ1n) is 14.4. The van der Waals surface area contributed by atoms with Crippen molar-refractivity contribution in [2.24, 2.45) is 0 Å². The Kier molecular flexibility index (Phi) is 23.0. The molecule has 4 aromatic rings. The number of carbonyl (C=O) groups is 2. The van der Waals surface area contributed by atoms with Gasteiger partial charge in [-0.3, -0.25) is 0 Å². The van der Waals surface area contributed by atoms with Crippen molar-refractivity contribution >= 4 is 11.9 Å². The van der Waals surface area contributed by atoms with Crippen LogP contribution in [0.15, 0.2) is 109 Å². The number of benzene rings is 4. The molecule has 0 fully saturated rings. The van der Waals surface area contributed by atoms with Crippen LogP contribution in [0.3, 0.4) is 0 Å². The smallest absolute Gasteiger partial charge is 0.870 e. The molecule has 0 aliphatic carbocycles. The summed E-state index contributed by atoms with van der Waals surface area (Å²) in [5.74, 6) is 11.2. The van der Waals surface area contributed by atoms with Gasteiger partial charge >= 0.3 is 30.8 Å². The number of esters is 1. The Bertz CT molecular complexity index is 1550. The number of rotatable bonds is 11. The summed E-state index contributed by atoms with van der Waals surface area (Å²) in [6, 6.07) is 35.7. The Morgan fingerprint density at radius 1 is 0.574 bits per heavy atom. The Hall–Kier alpha value is -4.62. The van der Waals surface area contributed by atoms with Crippen LogP contribution in [-0.4, -0.2) is 61.0 Å². The van der Waals surface area contributed by atoms with Crippen molar-refractivity contribution in [2.75, 3.05) is 33.0 Å². The van der Waals surface area contributed by atoms with Gasteiger partial charge in [0.2, 0.25) is 0 Å². The maximum Gasteiger partial charge on any atom is 1.00 e. The Balaban J connectivity index is 0.000000849. The van der Waals surface area contributed by atoms with Gasteiger partial charge in [-0.2, -0.15) is 0 Å². The largest absolute Gasteiger partial charge is 1.00 e. The van der Waals surface area contributed by atoms with Gasteiger partial charge in [0.15, 0.2) is 0 Å². The summed E-state index contributed by atoms with van der Waals surface area (Å²) in [5, 5.41) is 8.46. The molecule has 0 radical (unpaired) electrons. The van der Waals surface area contributed by atoms with Crippen LogP contribution in [0.2, 0.25) is 0 Å². The Morgan fingerprint density at radius 3 is 1.30 bits per heavy atom. The number of ether oxygens (including phenoxy) is 3. The van der Waals surface area contributed by atoms with Crippen LogP contribution in [0, 0.1) is 23.7 Å². The molecule has 240 valence electrons. The molecule has 0 heterocycles. The number of carboxylic acid groups (broad SMARTS) is 1. The van der Waals surface area contributed by atoms with Crippen LogP contribution < -0.4 is 18.9 Å². The summed E-state index contributed by atoms with van der Waals surface area (Å²) in [6.07, 6.45) is 1.45. The van der Waals surface area contributed by atoms with Crippen LogP contribution in [0.25, 0.3) is 0 Å². The van der Waals surface area contributed by atoms with E-state index in [4.69, 9.17) is 19.3 Å². The first kappa shape index (κ1) is 42.4. The summed E-state index contributed by atoms with van der Waals surface area (Å²) in [6.45, 7) is 2.82. The predicted molar refractivity (Wildman–Crippen MR) is 175 cm³/mol. The molecule has 0 bridgehead atoms. The van der Waals surface area contributed by atoms with E-state index in [0.717, 1.165) is 39.8 Å². The third kappa shape index (κ3) is 18.8. The third-order valence-corrected chi connectivity index (χ3v) is 5.98. The van der Waals surface area contributed by atoms with Crippen molar-refractivity contribution in [1.82, 2.24) is 0 Å². The van der Waals surface area contributed by atoms with Crippen molar-refractivity contribution in [3.8, 4) is 23.7 Å². The van der Waals surface area contributed by atoms with Crippen LogP contribution >= 0.6 is 0 Å². The van der Waals surface area contributed by atoms with Crippen LogP contribution in [0.5, 0.6) is 0 Å². The first-order valence-corrected chi connectivity index (χ1v) is 14.4. The molecule has 0 aliphatic rings. The molecule has 0 amide bonds. The Labute approximate surface area is 288 Å². The Morgan fingerprint density at radius 2 is 0.936 bits per heavy atom. The van der Waals surface area contributed by atoms with Crippen molar-refractivity contribution < 1.29 is 58.7 Å². The predicted octanol–water partition coefficient (Wildman–Crippen LogP) is 2.59. The minimum atomic E-state index is -0.943. The van der Waals surface area contributed by atoms with Gasteiger partial charge in [0, 0.05) is 22.3 Å². The molecule has 0 unspecified atom stereocenters. The molecule has 0 atom stereocenters. The summed E-state index contributed by atoms with van der Waals surface area (Å²) in [7, 11) is 0. The second kappa shape index (κ2) is 25.6. The van der Waals surface area contributed by atoms with E-state index < -0.39 is 5.97 Å². The van der Waals surface area contributed by atoms with Gasteiger partial charge < -0.3 is 30.3 Å². The second-order valence-electron chi connectivity index (χ2n) is 9.43. The molecule has 0 saturated heterocycles. The summed E-state index contributed by atoms with van der Waals surface area (Å²) in [5.41, 5.74) is 6.18. The maximum atomic E-state index is 11.1. The van der Waals surface area contributed by atoms with Gasteiger partial charge in [0.1, 0.15) is 13.2 Å². The molecule has 0 spiro atoms. The fourth-order valence-electron chi connectivity index (χ4n) is 3.74. The van der Waals surface area contributed by atoms with Crippen molar-refractivity contribution in [1.29, 1.82) is 0 Å². The minimum Gasteiger partial charge on any atom is -0.870 e. The standard InChI is InChI=1S/C20H20O3.C18H16O3.Li.2H2O/c1-2-23-20(21)16-22-15-14-19-12-10-18(11-13-19)9-8-17-6-4-3-5-7-17;19-18(20)14-21-13-12-17-10-8-16(9-11-17)7-6-15-4-2-1-3-5-15;;;/h3-7,10-13H,2,14-16H2,1H3;1-5,8-11H,12-14H2,(H,19,20);;2*1H2/q;;+1;;/p-2. The summed E-state index contributed by atoms with van der Waals surface area (Å²) < 4.78 is 15.1. The molecule has 8 nitrogen and oxygen atoms in total. The zero-order valence-corrected chi connectivity index (χ0v) is 26.7. The van der Waals surface area contributed by atoms with Crippen LogP contribution in [-0.2, 0) is 36.6 Å². The fraction of sp³-hybridized carbons (Fsp3) is 0.211. The fourth-order valence-corrected chi connectivity index (χ4v) is 3.74. The van der Waals surface area contributed by atoms with E-state index in [1.165, 1.54) is 0 Å². The van der Waals surface area contributed by atoms with E-state index in [9.17, 15) is 9.59 Å². The van der Waals surface area contributed by atoms with Crippen molar-refractivity contribution in [2.45, 2.75) is 19.8 Å². The van der Waals surface area contributed by atoms with Gasteiger partial charge in [-0.25, -0.2) is 9.59 Å². The summed E-state index contributed by atoms with van der Waals surface area (Å²) in [4.78, 5) is 21.4. The van der Waals surface area contributed by atoms with Gasteiger partial charge in [0.05, 0.1) is 19.8 Å². The van der Waals surface area contributed by atoms with E-state index >= 15 is 0 Å². The van der Waals surface area contributed by atoms with E-state index in [0.29, 0.717) is 26.2 Å². The molecule has 0 saturated carbocycles. The van der Waals surface area contributed by atoms with Gasteiger partial charge in [0.25, 0.3) is 0 Å². The van der Waals surface area contributed by atoms with Gasteiger partial charge in [-0.15, -0.1) is 0 Å². The van der Waals surface area contributed by atoms with E-state index in [1.807, 2.05) is 109 Å². The zero-order chi connectivity index (χ0) is 31.2. The molecule has 3 N–H and O–H groups in total. The van der Waals surface area contributed by atoms with Gasteiger partial charge in [-0.05, 0) is 79.4 Å².